The van der Waals surface area contributed by atoms with Crippen LogP contribution in [0.1, 0.15) is 15.9 Å². The minimum Gasteiger partial charge on any atom is -0.416 e. The second-order valence-electron chi connectivity index (χ2n) is 7.25. The molecule has 0 aliphatic carbocycles. The van der Waals surface area contributed by atoms with E-state index in [1.807, 2.05) is 74.4 Å². The lowest BCUT2D eigenvalue weighted by atomic mass is 10.1. The normalized spacial score (nSPS) is 10.6. The zero-order valence-corrected chi connectivity index (χ0v) is 17.1. The summed E-state index contributed by atoms with van der Waals surface area (Å²) in [6.45, 7) is 2.02. The van der Waals surface area contributed by atoms with Gasteiger partial charge in [-0.2, -0.15) is 0 Å². The van der Waals surface area contributed by atoms with Crippen molar-refractivity contribution in [3.8, 4) is 22.9 Å². The van der Waals surface area contributed by atoms with E-state index in [4.69, 9.17) is 4.42 Å². The Morgan fingerprint density at radius 3 is 2.17 bits per heavy atom. The molecule has 0 saturated heterocycles. The summed E-state index contributed by atoms with van der Waals surface area (Å²) in [5.41, 5.74) is 5.13. The van der Waals surface area contributed by atoms with Crippen molar-refractivity contribution in [3.63, 3.8) is 0 Å². The number of carbonyl (C=O) groups excluding carboxylic acids is 1. The highest BCUT2D eigenvalue weighted by atomic mass is 16.4. The van der Waals surface area contributed by atoms with Crippen LogP contribution in [0.5, 0.6) is 0 Å². The van der Waals surface area contributed by atoms with Crippen LogP contribution in [0.3, 0.4) is 0 Å². The van der Waals surface area contributed by atoms with Crippen LogP contribution >= 0.6 is 0 Å². The van der Waals surface area contributed by atoms with Gasteiger partial charge in [0.25, 0.3) is 5.91 Å². The van der Waals surface area contributed by atoms with E-state index in [9.17, 15) is 4.79 Å². The van der Waals surface area contributed by atoms with Crippen LogP contribution in [0.25, 0.3) is 22.9 Å². The molecule has 0 bridgehead atoms. The zero-order valence-electron chi connectivity index (χ0n) is 17.1. The summed E-state index contributed by atoms with van der Waals surface area (Å²) < 4.78 is 5.81. The number of hydrogen-bond acceptors (Lipinski definition) is 5. The molecule has 1 heterocycles. The summed E-state index contributed by atoms with van der Waals surface area (Å²) in [6.07, 6.45) is 0. The molecule has 0 unspecified atom stereocenters. The van der Waals surface area contributed by atoms with Crippen molar-refractivity contribution in [2.24, 2.45) is 0 Å². The van der Waals surface area contributed by atoms with Gasteiger partial charge in [0.05, 0.1) is 0 Å². The number of aryl methyl sites for hydroxylation is 1. The smallest absolute Gasteiger partial charge is 0.255 e. The van der Waals surface area contributed by atoms with Gasteiger partial charge < -0.3 is 14.6 Å². The first kappa shape index (κ1) is 19.4. The molecule has 4 aromatic rings. The van der Waals surface area contributed by atoms with Crippen LogP contribution in [-0.2, 0) is 0 Å². The Morgan fingerprint density at radius 2 is 1.53 bits per heavy atom. The largest absolute Gasteiger partial charge is 0.416 e. The monoisotopic (exact) mass is 398 g/mol. The average molecular weight is 398 g/mol. The number of amides is 1. The molecule has 1 amide bonds. The molecule has 1 aromatic heterocycles. The van der Waals surface area contributed by atoms with Gasteiger partial charge in [0.2, 0.25) is 11.8 Å². The van der Waals surface area contributed by atoms with Gasteiger partial charge >= 0.3 is 0 Å². The first-order valence-corrected chi connectivity index (χ1v) is 9.59. The molecule has 0 fully saturated rings. The second kappa shape index (κ2) is 8.21. The van der Waals surface area contributed by atoms with E-state index in [0.29, 0.717) is 17.3 Å². The molecular weight excluding hydrogens is 376 g/mol. The van der Waals surface area contributed by atoms with Crippen molar-refractivity contribution >= 4 is 17.3 Å². The lowest BCUT2D eigenvalue weighted by molar-refractivity contribution is 0.102. The maximum absolute atomic E-state index is 12.5. The Kier molecular flexibility index (Phi) is 5.30. The van der Waals surface area contributed by atoms with Crippen molar-refractivity contribution in [3.05, 3.63) is 83.9 Å². The fraction of sp³-hybridized carbons (Fsp3) is 0.125. The molecule has 1 N–H and O–H groups in total. The summed E-state index contributed by atoms with van der Waals surface area (Å²) in [5, 5.41) is 11.2. The molecule has 0 saturated carbocycles. The number of carbonyl (C=O) groups is 1. The quantitative estimate of drug-likeness (QED) is 0.510. The van der Waals surface area contributed by atoms with E-state index >= 15 is 0 Å². The first-order chi connectivity index (χ1) is 14.5. The zero-order chi connectivity index (χ0) is 21.1. The van der Waals surface area contributed by atoms with Crippen LogP contribution < -0.4 is 10.2 Å². The molecule has 0 radical (unpaired) electrons. The van der Waals surface area contributed by atoms with Gasteiger partial charge in [-0.25, -0.2) is 0 Å². The summed E-state index contributed by atoms with van der Waals surface area (Å²) in [5.74, 6) is 0.708. The summed E-state index contributed by atoms with van der Waals surface area (Å²) in [7, 11) is 3.95. The molecule has 0 aliphatic rings. The SMILES string of the molecule is Cc1cccc(-c2nnc(-c3ccc(C(=O)Nc4ccc(N(C)C)cc4)cc3)o2)c1. The van der Waals surface area contributed by atoms with E-state index in [1.54, 1.807) is 24.3 Å². The van der Waals surface area contributed by atoms with Crippen LogP contribution in [0, 0.1) is 6.92 Å². The van der Waals surface area contributed by atoms with Gasteiger partial charge in [0, 0.05) is 42.2 Å². The number of nitrogens with one attached hydrogen (secondary N) is 1. The van der Waals surface area contributed by atoms with Crippen molar-refractivity contribution in [1.82, 2.24) is 10.2 Å². The Balaban J connectivity index is 1.47. The first-order valence-electron chi connectivity index (χ1n) is 9.59. The predicted octanol–water partition coefficient (Wildman–Crippen LogP) is 5.03. The molecule has 0 spiro atoms. The fourth-order valence-corrected chi connectivity index (χ4v) is 3.04. The summed E-state index contributed by atoms with van der Waals surface area (Å²) >= 11 is 0. The number of rotatable bonds is 5. The number of hydrogen-bond donors (Lipinski definition) is 1. The number of benzene rings is 3. The minimum atomic E-state index is -0.176. The maximum Gasteiger partial charge on any atom is 0.255 e. The summed E-state index contributed by atoms with van der Waals surface area (Å²) in [4.78, 5) is 14.5. The Hall–Kier alpha value is -3.93. The van der Waals surface area contributed by atoms with E-state index in [0.717, 1.165) is 28.1 Å². The highest BCUT2D eigenvalue weighted by Crippen LogP contribution is 2.25. The third kappa shape index (κ3) is 4.22. The Labute approximate surface area is 175 Å². The molecule has 150 valence electrons. The number of aromatic nitrogens is 2. The lowest BCUT2D eigenvalue weighted by Gasteiger charge is -2.13. The van der Waals surface area contributed by atoms with Crippen molar-refractivity contribution in [2.45, 2.75) is 6.92 Å². The molecular formula is C24H22N4O2. The fourth-order valence-electron chi connectivity index (χ4n) is 3.04. The highest BCUT2D eigenvalue weighted by Gasteiger charge is 2.12. The third-order valence-electron chi connectivity index (χ3n) is 4.73. The Bertz CT molecular complexity index is 1160. The molecule has 4 rings (SSSR count). The third-order valence-corrected chi connectivity index (χ3v) is 4.73. The number of nitrogens with zero attached hydrogens (tertiary/aromatic N) is 3. The second-order valence-corrected chi connectivity index (χ2v) is 7.25. The average Bonchev–Trinajstić information content (AvgIpc) is 3.24. The molecule has 6 heteroatoms. The molecule has 0 atom stereocenters. The van der Waals surface area contributed by atoms with E-state index in [1.165, 1.54) is 0 Å². The molecule has 6 nitrogen and oxygen atoms in total. The van der Waals surface area contributed by atoms with E-state index < -0.39 is 0 Å². The maximum atomic E-state index is 12.5. The van der Waals surface area contributed by atoms with Crippen LogP contribution in [0.2, 0.25) is 0 Å². The predicted molar refractivity (Wildman–Crippen MR) is 119 cm³/mol. The molecule has 3 aromatic carbocycles. The van der Waals surface area contributed by atoms with Crippen LogP contribution in [0.15, 0.2) is 77.2 Å². The van der Waals surface area contributed by atoms with E-state index in [-0.39, 0.29) is 5.91 Å². The standard InChI is InChI=1S/C24H22N4O2/c1-16-5-4-6-19(15-16)24-27-26-23(30-24)18-9-7-17(8-10-18)22(29)25-20-11-13-21(14-12-20)28(2)3/h4-15H,1-3H3,(H,25,29). The molecule has 30 heavy (non-hydrogen) atoms. The Morgan fingerprint density at radius 1 is 0.867 bits per heavy atom. The minimum absolute atomic E-state index is 0.176. The molecule has 0 aliphatic heterocycles. The van der Waals surface area contributed by atoms with E-state index in [2.05, 4.69) is 15.5 Å². The van der Waals surface area contributed by atoms with Crippen molar-refractivity contribution in [1.29, 1.82) is 0 Å². The van der Waals surface area contributed by atoms with Crippen molar-refractivity contribution in [2.75, 3.05) is 24.3 Å². The lowest BCUT2D eigenvalue weighted by Crippen LogP contribution is -2.12. The summed E-state index contributed by atoms with van der Waals surface area (Å²) in [6, 6.07) is 22.7. The number of anilines is 2. The van der Waals surface area contributed by atoms with Crippen LogP contribution in [-0.4, -0.2) is 30.2 Å². The van der Waals surface area contributed by atoms with Crippen LogP contribution in [0.4, 0.5) is 11.4 Å². The van der Waals surface area contributed by atoms with Gasteiger partial charge in [0.15, 0.2) is 0 Å². The van der Waals surface area contributed by atoms with Gasteiger partial charge in [-0.15, -0.1) is 10.2 Å². The van der Waals surface area contributed by atoms with Gasteiger partial charge in [-0.1, -0.05) is 17.7 Å². The topological polar surface area (TPSA) is 71.3 Å². The van der Waals surface area contributed by atoms with Gasteiger partial charge in [0.1, 0.15) is 0 Å². The highest BCUT2D eigenvalue weighted by molar-refractivity contribution is 6.04. The van der Waals surface area contributed by atoms with Gasteiger partial charge in [-0.05, 0) is 67.6 Å². The van der Waals surface area contributed by atoms with Gasteiger partial charge in [-0.3, -0.25) is 4.79 Å². The van der Waals surface area contributed by atoms with Crippen molar-refractivity contribution < 1.29 is 9.21 Å².